The third kappa shape index (κ3) is 3.71. The van der Waals surface area contributed by atoms with E-state index in [1.54, 1.807) is 19.1 Å². The number of hydrogen-bond acceptors (Lipinski definition) is 5. The van der Waals surface area contributed by atoms with Crippen molar-refractivity contribution in [1.82, 2.24) is 4.98 Å². The summed E-state index contributed by atoms with van der Waals surface area (Å²) in [5, 5.41) is 11.2. The van der Waals surface area contributed by atoms with Crippen LogP contribution >= 0.6 is 11.6 Å². The van der Waals surface area contributed by atoms with Gasteiger partial charge in [0.05, 0.1) is 5.71 Å². The molecule has 0 saturated carbocycles. The quantitative estimate of drug-likeness (QED) is 0.883. The van der Waals surface area contributed by atoms with Crippen molar-refractivity contribution in [3.63, 3.8) is 0 Å². The molecular weight excluding hydrogens is 364 g/mol. The lowest BCUT2D eigenvalue weighted by Crippen LogP contribution is -2.38. The molecule has 7 nitrogen and oxygen atoms in total. The molecule has 0 radical (unpaired) electrons. The summed E-state index contributed by atoms with van der Waals surface area (Å²) in [5.41, 5.74) is 1.58. The molecule has 2 heterocycles. The van der Waals surface area contributed by atoms with Crippen LogP contribution in [-0.4, -0.2) is 25.0 Å². The van der Waals surface area contributed by atoms with E-state index in [1.165, 1.54) is 17.1 Å². The Labute approximate surface area is 150 Å². The van der Waals surface area contributed by atoms with Crippen molar-refractivity contribution in [3.05, 3.63) is 53.2 Å². The summed E-state index contributed by atoms with van der Waals surface area (Å²) in [6, 6.07) is 9.87. The second kappa shape index (κ2) is 6.55. The lowest BCUT2D eigenvalue weighted by Gasteiger charge is -2.27. The standard InChI is InChI=1S/C16H15ClN4O3S/c1-10-8-14(11-2-4-12(17)5-3-11)20-21(16(10)22)15-7-6-13(9-19-15)25(18,23)24/h2-7,9-10H,8H2,1H3,(H2,18,23,24). The Kier molecular flexibility index (Phi) is 4.59. The number of hydrazone groups is 1. The molecule has 25 heavy (non-hydrogen) atoms. The Morgan fingerprint density at radius 3 is 2.44 bits per heavy atom. The third-order valence-corrected chi connectivity index (χ3v) is 4.94. The van der Waals surface area contributed by atoms with Gasteiger partial charge in [0, 0.05) is 23.6 Å². The summed E-state index contributed by atoms with van der Waals surface area (Å²) in [7, 11) is -3.85. The van der Waals surface area contributed by atoms with E-state index in [0.717, 1.165) is 17.5 Å². The fourth-order valence-electron chi connectivity index (χ4n) is 2.44. The Morgan fingerprint density at radius 1 is 1.20 bits per heavy atom. The van der Waals surface area contributed by atoms with Crippen LogP contribution in [0.15, 0.2) is 52.6 Å². The van der Waals surface area contributed by atoms with Crippen LogP contribution in [0.25, 0.3) is 0 Å². The first-order valence-electron chi connectivity index (χ1n) is 7.42. The van der Waals surface area contributed by atoms with E-state index in [4.69, 9.17) is 16.7 Å². The number of aromatic nitrogens is 1. The molecular formula is C16H15ClN4O3S. The summed E-state index contributed by atoms with van der Waals surface area (Å²) >= 11 is 5.90. The van der Waals surface area contributed by atoms with Crippen molar-refractivity contribution >= 4 is 39.1 Å². The first-order chi connectivity index (χ1) is 11.8. The molecule has 0 bridgehead atoms. The van der Waals surface area contributed by atoms with Gasteiger partial charge >= 0.3 is 0 Å². The fourth-order valence-corrected chi connectivity index (χ4v) is 3.03. The molecule has 0 fully saturated rings. The van der Waals surface area contributed by atoms with Crippen LogP contribution in [0.1, 0.15) is 18.9 Å². The summed E-state index contributed by atoms with van der Waals surface area (Å²) in [6.07, 6.45) is 1.60. The molecule has 1 aromatic heterocycles. The third-order valence-electron chi connectivity index (χ3n) is 3.79. The molecule has 1 amide bonds. The number of halogens is 1. The Hall–Kier alpha value is -2.29. The number of amides is 1. The number of rotatable bonds is 3. The first-order valence-corrected chi connectivity index (χ1v) is 9.34. The van der Waals surface area contributed by atoms with Crippen molar-refractivity contribution < 1.29 is 13.2 Å². The van der Waals surface area contributed by atoms with Crippen LogP contribution < -0.4 is 10.1 Å². The summed E-state index contributed by atoms with van der Waals surface area (Å²) in [5.74, 6) is -0.271. The lowest BCUT2D eigenvalue weighted by molar-refractivity contribution is -0.122. The number of hydrogen-bond donors (Lipinski definition) is 1. The van der Waals surface area contributed by atoms with Gasteiger partial charge in [0.2, 0.25) is 10.0 Å². The minimum absolute atomic E-state index is 0.129. The highest BCUT2D eigenvalue weighted by molar-refractivity contribution is 7.89. The monoisotopic (exact) mass is 378 g/mol. The van der Waals surface area contributed by atoms with Crippen LogP contribution in [0, 0.1) is 5.92 Å². The number of nitrogens with zero attached hydrogens (tertiary/aromatic N) is 3. The zero-order valence-corrected chi connectivity index (χ0v) is 14.8. The van der Waals surface area contributed by atoms with Crippen molar-refractivity contribution in [1.29, 1.82) is 0 Å². The van der Waals surface area contributed by atoms with Gasteiger partial charge in [0.1, 0.15) is 4.90 Å². The number of nitrogens with two attached hydrogens (primary N) is 1. The molecule has 0 aliphatic carbocycles. The molecule has 1 atom stereocenters. The molecule has 2 N–H and O–H groups in total. The van der Waals surface area contributed by atoms with Gasteiger partial charge in [-0.2, -0.15) is 10.1 Å². The van der Waals surface area contributed by atoms with Gasteiger partial charge in [-0.25, -0.2) is 18.5 Å². The molecule has 1 unspecified atom stereocenters. The Bertz CT molecular complexity index is 940. The highest BCUT2D eigenvalue weighted by Crippen LogP contribution is 2.25. The molecule has 1 aliphatic rings. The van der Waals surface area contributed by atoms with Crippen LogP contribution in [0.2, 0.25) is 5.02 Å². The number of benzene rings is 1. The van der Waals surface area contributed by atoms with E-state index in [9.17, 15) is 13.2 Å². The van der Waals surface area contributed by atoms with Crippen molar-refractivity contribution in [2.45, 2.75) is 18.2 Å². The molecule has 0 spiro atoms. The second-order valence-corrected chi connectivity index (χ2v) is 7.70. The smallest absolute Gasteiger partial charge is 0.252 e. The SMILES string of the molecule is CC1CC(c2ccc(Cl)cc2)=NN(c2ccc(S(N)(=O)=O)cn2)C1=O. The predicted octanol–water partition coefficient (Wildman–Crippen LogP) is 2.16. The number of carbonyl (C=O) groups excluding carboxylic acids is 1. The second-order valence-electron chi connectivity index (χ2n) is 5.71. The molecule has 3 rings (SSSR count). The maximum absolute atomic E-state index is 12.5. The minimum Gasteiger partial charge on any atom is -0.272 e. The largest absolute Gasteiger partial charge is 0.272 e. The van der Waals surface area contributed by atoms with Crippen LogP contribution in [-0.2, 0) is 14.8 Å². The van der Waals surface area contributed by atoms with Gasteiger partial charge < -0.3 is 0 Å². The van der Waals surface area contributed by atoms with Gasteiger partial charge in [0.15, 0.2) is 5.82 Å². The summed E-state index contributed by atoms with van der Waals surface area (Å²) < 4.78 is 22.6. The fraction of sp³-hybridized carbons (Fsp3) is 0.188. The Balaban J connectivity index is 1.99. The highest BCUT2D eigenvalue weighted by atomic mass is 35.5. The highest BCUT2D eigenvalue weighted by Gasteiger charge is 2.30. The van der Waals surface area contributed by atoms with E-state index in [-0.39, 0.29) is 22.5 Å². The van der Waals surface area contributed by atoms with E-state index in [1.807, 2.05) is 12.1 Å². The van der Waals surface area contributed by atoms with Crippen molar-refractivity contribution in [3.8, 4) is 0 Å². The maximum Gasteiger partial charge on any atom is 0.252 e. The molecule has 0 saturated heterocycles. The van der Waals surface area contributed by atoms with Crippen LogP contribution in [0.4, 0.5) is 5.82 Å². The molecule has 130 valence electrons. The zero-order chi connectivity index (χ0) is 18.2. The number of anilines is 1. The van der Waals surface area contributed by atoms with Crippen molar-refractivity contribution in [2.75, 3.05) is 5.01 Å². The predicted molar refractivity (Wildman–Crippen MR) is 94.9 cm³/mol. The normalized spacial score (nSPS) is 18.2. The minimum atomic E-state index is -3.85. The first kappa shape index (κ1) is 17.5. The summed E-state index contributed by atoms with van der Waals surface area (Å²) in [4.78, 5) is 16.3. The molecule has 1 aromatic carbocycles. The van der Waals surface area contributed by atoms with Crippen LogP contribution in [0.3, 0.4) is 0 Å². The molecule has 1 aliphatic heterocycles. The number of primary sulfonamides is 1. The van der Waals surface area contributed by atoms with E-state index >= 15 is 0 Å². The molecule has 2 aromatic rings. The van der Waals surface area contributed by atoms with Gasteiger partial charge in [0.25, 0.3) is 5.91 Å². The van der Waals surface area contributed by atoms with E-state index < -0.39 is 10.0 Å². The van der Waals surface area contributed by atoms with Gasteiger partial charge in [-0.1, -0.05) is 30.7 Å². The Morgan fingerprint density at radius 2 is 1.88 bits per heavy atom. The van der Waals surface area contributed by atoms with E-state index in [2.05, 4.69) is 10.1 Å². The van der Waals surface area contributed by atoms with Gasteiger partial charge in [-0.3, -0.25) is 4.79 Å². The number of pyridine rings is 1. The van der Waals surface area contributed by atoms with Gasteiger partial charge in [-0.05, 0) is 29.8 Å². The average Bonchev–Trinajstić information content (AvgIpc) is 2.57. The van der Waals surface area contributed by atoms with Gasteiger partial charge in [-0.15, -0.1) is 0 Å². The number of carbonyl (C=O) groups is 1. The summed E-state index contributed by atoms with van der Waals surface area (Å²) in [6.45, 7) is 1.80. The van der Waals surface area contributed by atoms with Crippen LogP contribution in [0.5, 0.6) is 0 Å². The number of sulfonamides is 1. The topological polar surface area (TPSA) is 106 Å². The lowest BCUT2D eigenvalue weighted by atomic mass is 9.96. The van der Waals surface area contributed by atoms with E-state index in [0.29, 0.717) is 11.4 Å². The van der Waals surface area contributed by atoms with Crippen molar-refractivity contribution in [2.24, 2.45) is 16.2 Å². The maximum atomic E-state index is 12.5. The molecule has 9 heteroatoms. The zero-order valence-electron chi connectivity index (χ0n) is 13.3. The average molecular weight is 379 g/mol.